The van der Waals surface area contributed by atoms with E-state index in [-0.39, 0.29) is 23.4 Å². The number of halogens is 3. The number of hydrogen-bond donors (Lipinski definition) is 1. The number of hydrogen-bond acceptors (Lipinski definition) is 3. The molecular weight excluding hydrogens is 381 g/mol. The molecule has 4 aromatic rings. The topological polar surface area (TPSA) is 59.3 Å². The lowest BCUT2D eigenvalue weighted by Gasteiger charge is -2.09. The SMILES string of the molecule is O=C(NCc1ccccc1F)c1cnn2c(C(F)F)cc(-c3ccccc3)nc12. The van der Waals surface area contributed by atoms with Gasteiger partial charge in [0, 0.05) is 17.7 Å². The molecule has 0 aliphatic heterocycles. The maximum absolute atomic E-state index is 13.8. The summed E-state index contributed by atoms with van der Waals surface area (Å²) in [7, 11) is 0. The van der Waals surface area contributed by atoms with Crippen LogP contribution in [0.4, 0.5) is 13.2 Å². The van der Waals surface area contributed by atoms with Crippen LogP contribution in [0.3, 0.4) is 0 Å². The second kappa shape index (κ2) is 7.75. The second-order valence-corrected chi connectivity index (χ2v) is 6.30. The molecule has 2 heterocycles. The Morgan fingerprint density at radius 1 is 1.07 bits per heavy atom. The number of carbonyl (C=O) groups is 1. The van der Waals surface area contributed by atoms with Crippen molar-refractivity contribution in [1.29, 1.82) is 0 Å². The molecular formula is C21H15F3N4O. The average Bonchev–Trinajstić information content (AvgIpc) is 3.17. The predicted octanol–water partition coefficient (Wildman–Crippen LogP) is 4.40. The van der Waals surface area contributed by atoms with Crippen molar-refractivity contribution in [2.45, 2.75) is 13.0 Å². The van der Waals surface area contributed by atoms with E-state index in [1.54, 1.807) is 48.5 Å². The van der Waals surface area contributed by atoms with E-state index in [4.69, 9.17) is 0 Å². The Hall–Kier alpha value is -3.68. The first kappa shape index (κ1) is 18.7. The molecule has 0 bridgehead atoms. The smallest absolute Gasteiger partial charge is 0.280 e. The fraction of sp³-hybridized carbons (Fsp3) is 0.0952. The van der Waals surface area contributed by atoms with Crippen LogP contribution in [0.5, 0.6) is 0 Å². The van der Waals surface area contributed by atoms with E-state index in [0.717, 1.165) is 4.52 Å². The van der Waals surface area contributed by atoms with E-state index in [9.17, 15) is 18.0 Å². The van der Waals surface area contributed by atoms with Gasteiger partial charge in [0.05, 0.1) is 11.9 Å². The summed E-state index contributed by atoms with van der Waals surface area (Å²) in [6.45, 7) is -0.0527. The highest BCUT2D eigenvalue weighted by atomic mass is 19.3. The highest BCUT2D eigenvalue weighted by Gasteiger charge is 2.21. The standard InChI is InChI=1S/C21H15F3N4O/c22-16-9-5-4-8-14(16)11-25-21(29)15-12-26-28-18(19(23)24)10-17(27-20(15)28)13-6-2-1-3-7-13/h1-10,12,19H,11H2,(H,25,29). The lowest BCUT2D eigenvalue weighted by atomic mass is 10.1. The molecule has 0 unspecified atom stereocenters. The maximum atomic E-state index is 13.8. The Balaban J connectivity index is 1.72. The van der Waals surface area contributed by atoms with Crippen molar-refractivity contribution in [3.05, 3.63) is 89.5 Å². The van der Waals surface area contributed by atoms with Crippen molar-refractivity contribution in [1.82, 2.24) is 19.9 Å². The van der Waals surface area contributed by atoms with Gasteiger partial charge < -0.3 is 5.32 Å². The minimum atomic E-state index is -2.81. The van der Waals surface area contributed by atoms with Gasteiger partial charge in [0.1, 0.15) is 17.1 Å². The zero-order valence-electron chi connectivity index (χ0n) is 15.0. The fourth-order valence-corrected chi connectivity index (χ4v) is 2.97. The number of nitrogens with one attached hydrogen (secondary N) is 1. The number of benzene rings is 2. The van der Waals surface area contributed by atoms with E-state index >= 15 is 0 Å². The molecule has 0 spiro atoms. The summed E-state index contributed by atoms with van der Waals surface area (Å²) < 4.78 is 41.9. The quantitative estimate of drug-likeness (QED) is 0.544. The van der Waals surface area contributed by atoms with Crippen molar-refractivity contribution in [3.8, 4) is 11.3 Å². The largest absolute Gasteiger partial charge is 0.348 e. The van der Waals surface area contributed by atoms with Crippen LogP contribution in [0.2, 0.25) is 0 Å². The number of nitrogens with zero attached hydrogens (tertiary/aromatic N) is 3. The third kappa shape index (κ3) is 3.69. The highest BCUT2D eigenvalue weighted by molar-refractivity contribution is 5.99. The number of amides is 1. The summed E-state index contributed by atoms with van der Waals surface area (Å²) in [5.74, 6) is -1.03. The summed E-state index contributed by atoms with van der Waals surface area (Å²) in [5.41, 5.74) is 0.909. The molecule has 0 fully saturated rings. The third-order valence-corrected chi connectivity index (χ3v) is 4.43. The van der Waals surface area contributed by atoms with E-state index < -0.39 is 18.1 Å². The summed E-state index contributed by atoms with van der Waals surface area (Å²) in [6.07, 6.45) is -1.63. The Labute approximate surface area is 163 Å². The molecule has 0 aliphatic rings. The number of aromatic nitrogens is 3. The van der Waals surface area contributed by atoms with Gasteiger partial charge in [0.15, 0.2) is 5.65 Å². The van der Waals surface area contributed by atoms with Crippen LogP contribution < -0.4 is 5.32 Å². The van der Waals surface area contributed by atoms with Crippen LogP contribution in [0.25, 0.3) is 16.9 Å². The molecule has 5 nitrogen and oxygen atoms in total. The summed E-state index contributed by atoms with van der Waals surface area (Å²) in [4.78, 5) is 17.0. The summed E-state index contributed by atoms with van der Waals surface area (Å²) >= 11 is 0. The lowest BCUT2D eigenvalue weighted by molar-refractivity contribution is 0.0952. The van der Waals surface area contributed by atoms with Gasteiger partial charge in [-0.05, 0) is 12.1 Å². The van der Waals surface area contributed by atoms with Crippen LogP contribution in [-0.2, 0) is 6.54 Å². The predicted molar refractivity (Wildman–Crippen MR) is 101 cm³/mol. The van der Waals surface area contributed by atoms with Gasteiger partial charge in [-0.25, -0.2) is 22.7 Å². The molecule has 146 valence electrons. The number of alkyl halides is 2. The molecule has 4 rings (SSSR count). The zero-order valence-corrected chi connectivity index (χ0v) is 15.0. The molecule has 0 aliphatic carbocycles. The maximum Gasteiger partial charge on any atom is 0.280 e. The van der Waals surface area contributed by atoms with Gasteiger partial charge in [0.2, 0.25) is 0 Å². The van der Waals surface area contributed by atoms with Gasteiger partial charge in [-0.15, -0.1) is 0 Å². The van der Waals surface area contributed by atoms with Gasteiger partial charge in [-0.1, -0.05) is 48.5 Å². The van der Waals surface area contributed by atoms with Gasteiger partial charge in [0.25, 0.3) is 12.3 Å². The molecule has 2 aromatic heterocycles. The highest BCUT2D eigenvalue weighted by Crippen LogP contribution is 2.26. The molecule has 0 saturated heterocycles. The summed E-state index contributed by atoms with van der Waals surface area (Å²) in [6, 6.07) is 16.1. The Morgan fingerprint density at radius 3 is 2.52 bits per heavy atom. The van der Waals surface area contributed by atoms with Crippen molar-refractivity contribution in [2.24, 2.45) is 0 Å². The second-order valence-electron chi connectivity index (χ2n) is 6.30. The Bertz CT molecular complexity index is 1180. The minimum Gasteiger partial charge on any atom is -0.348 e. The molecule has 8 heteroatoms. The van der Waals surface area contributed by atoms with Crippen molar-refractivity contribution < 1.29 is 18.0 Å². The lowest BCUT2D eigenvalue weighted by Crippen LogP contribution is -2.23. The van der Waals surface area contributed by atoms with E-state index in [1.807, 2.05) is 0 Å². The molecule has 2 aromatic carbocycles. The van der Waals surface area contributed by atoms with E-state index in [1.165, 1.54) is 18.3 Å². The van der Waals surface area contributed by atoms with Crippen molar-refractivity contribution in [2.75, 3.05) is 0 Å². The minimum absolute atomic E-state index is 0.00712. The Morgan fingerprint density at radius 2 is 1.79 bits per heavy atom. The molecule has 1 amide bonds. The van der Waals surface area contributed by atoms with Gasteiger partial charge in [-0.2, -0.15) is 5.10 Å². The van der Waals surface area contributed by atoms with Crippen LogP contribution in [-0.4, -0.2) is 20.5 Å². The van der Waals surface area contributed by atoms with Crippen molar-refractivity contribution in [3.63, 3.8) is 0 Å². The first-order valence-corrected chi connectivity index (χ1v) is 8.78. The van der Waals surface area contributed by atoms with Crippen LogP contribution in [0.15, 0.2) is 66.9 Å². The van der Waals surface area contributed by atoms with Crippen LogP contribution >= 0.6 is 0 Å². The molecule has 1 N–H and O–H groups in total. The third-order valence-electron chi connectivity index (χ3n) is 4.43. The molecule has 0 atom stereocenters. The van der Waals surface area contributed by atoms with E-state index in [0.29, 0.717) is 16.8 Å². The van der Waals surface area contributed by atoms with Gasteiger partial charge >= 0.3 is 0 Å². The van der Waals surface area contributed by atoms with E-state index in [2.05, 4.69) is 15.4 Å². The number of carbonyl (C=O) groups excluding carboxylic acids is 1. The fourth-order valence-electron chi connectivity index (χ4n) is 2.97. The molecule has 0 saturated carbocycles. The monoisotopic (exact) mass is 396 g/mol. The first-order valence-electron chi connectivity index (χ1n) is 8.78. The average molecular weight is 396 g/mol. The normalized spacial score (nSPS) is 11.2. The number of rotatable bonds is 5. The summed E-state index contributed by atoms with van der Waals surface area (Å²) in [5, 5.41) is 6.49. The molecule has 29 heavy (non-hydrogen) atoms. The van der Waals surface area contributed by atoms with Crippen LogP contribution in [0.1, 0.15) is 28.0 Å². The molecule has 0 radical (unpaired) electrons. The van der Waals surface area contributed by atoms with Crippen molar-refractivity contribution >= 4 is 11.6 Å². The van der Waals surface area contributed by atoms with Crippen LogP contribution in [0, 0.1) is 5.82 Å². The first-order chi connectivity index (χ1) is 14.0. The zero-order chi connectivity index (χ0) is 20.4. The Kier molecular flexibility index (Phi) is 4.99. The number of fused-ring (bicyclic) bond motifs is 1. The van der Waals surface area contributed by atoms with Gasteiger partial charge in [-0.3, -0.25) is 4.79 Å².